The van der Waals surface area contributed by atoms with E-state index in [0.29, 0.717) is 31.1 Å². The van der Waals surface area contributed by atoms with E-state index < -0.39 is 7.82 Å². The maximum absolute atomic E-state index is 11.7. The van der Waals surface area contributed by atoms with Gasteiger partial charge in [-0.3, -0.25) is 9.32 Å². The van der Waals surface area contributed by atoms with Crippen molar-refractivity contribution < 1.29 is 33.4 Å². The van der Waals surface area contributed by atoms with Gasteiger partial charge in [0.05, 0.1) is 6.61 Å². The normalized spacial score (nSPS) is 13.5. The van der Waals surface area contributed by atoms with Gasteiger partial charge in [-0.2, -0.15) is 0 Å². The van der Waals surface area contributed by atoms with E-state index in [1.165, 1.54) is 6.07 Å². The molecule has 2 N–H and O–H groups in total. The van der Waals surface area contributed by atoms with E-state index in [2.05, 4.69) is 4.67 Å². The van der Waals surface area contributed by atoms with Gasteiger partial charge in [0.2, 0.25) is 5.75 Å². The predicted molar refractivity (Wildman–Crippen MR) is 87.3 cm³/mol. The number of phosphoric ester groups is 1. The molecule has 129 valence electrons. The molecule has 0 amide bonds. The molecule has 24 heavy (non-hydrogen) atoms. The van der Waals surface area contributed by atoms with Crippen molar-refractivity contribution >= 4 is 24.9 Å². The van der Waals surface area contributed by atoms with Crippen LogP contribution in [-0.4, -0.2) is 22.9 Å². The van der Waals surface area contributed by atoms with Crippen LogP contribution in [0.1, 0.15) is 25.7 Å². The molecule has 0 saturated heterocycles. The third-order valence-corrected chi connectivity index (χ3v) is 4.03. The van der Waals surface area contributed by atoms with E-state index >= 15 is 0 Å². The van der Waals surface area contributed by atoms with Gasteiger partial charge in [-0.15, -0.1) is 0 Å². The molecule has 0 heterocycles. The molecule has 0 aliphatic carbocycles. The molecule has 0 saturated carbocycles. The van der Waals surface area contributed by atoms with Crippen molar-refractivity contribution in [1.82, 2.24) is 0 Å². The van der Waals surface area contributed by atoms with Gasteiger partial charge in [0.1, 0.15) is 0 Å². The third kappa shape index (κ3) is 5.32. The summed E-state index contributed by atoms with van der Waals surface area (Å²) in [4.78, 5) is 24.3. The summed E-state index contributed by atoms with van der Waals surface area (Å²) in [7, 11) is -4.40. The standard InChI is InChI=1S/C16H18O7P/c17-11-5-1-2-6-12-21-24(19,20)23-22-15-10-9-13-7-3-4-8-14(13)16(15)18/h3-4,7-10,18H,1-2,5-6,12H2,(H,19,20). The number of hydrogen-bond donors (Lipinski definition) is 2. The number of aromatic hydroxyl groups is 1. The van der Waals surface area contributed by atoms with E-state index in [1.807, 2.05) is 12.1 Å². The Balaban J connectivity index is 1.86. The molecule has 0 bridgehead atoms. The fourth-order valence-electron chi connectivity index (χ4n) is 2.07. The molecular formula is C16H18O7P. The van der Waals surface area contributed by atoms with Crippen molar-refractivity contribution in [3.63, 3.8) is 0 Å². The van der Waals surface area contributed by atoms with Crippen LogP contribution in [0.5, 0.6) is 11.5 Å². The highest BCUT2D eigenvalue weighted by molar-refractivity contribution is 7.47. The molecule has 2 rings (SSSR count). The van der Waals surface area contributed by atoms with Gasteiger partial charge in [-0.05, 0) is 24.3 Å². The Bertz CT molecular complexity index is 731. The van der Waals surface area contributed by atoms with Crippen LogP contribution in [0.3, 0.4) is 0 Å². The molecule has 8 heteroatoms. The lowest BCUT2D eigenvalue weighted by molar-refractivity contribution is -0.128. The number of hydrogen-bond acceptors (Lipinski definition) is 6. The highest BCUT2D eigenvalue weighted by atomic mass is 31.2. The molecule has 2 aromatic carbocycles. The molecule has 0 aliphatic rings. The third-order valence-electron chi connectivity index (χ3n) is 3.26. The van der Waals surface area contributed by atoms with Crippen LogP contribution in [0.2, 0.25) is 0 Å². The minimum atomic E-state index is -4.40. The minimum Gasteiger partial charge on any atom is -0.504 e. The molecule has 0 aliphatic heterocycles. The van der Waals surface area contributed by atoms with Gasteiger partial charge in [-0.25, -0.2) is 4.57 Å². The summed E-state index contributed by atoms with van der Waals surface area (Å²) in [6.45, 7) is -0.0142. The average molecular weight is 353 g/mol. The fourth-order valence-corrected chi connectivity index (χ4v) is 2.64. The van der Waals surface area contributed by atoms with Gasteiger partial charge >= 0.3 is 7.82 Å². The SMILES string of the molecule is O=[C]CCCCCOP(=O)(O)OOc1ccc2ccccc2c1O. The second-order valence-electron chi connectivity index (χ2n) is 5.05. The number of rotatable bonds is 10. The van der Waals surface area contributed by atoms with Crippen LogP contribution in [0.25, 0.3) is 10.8 Å². The van der Waals surface area contributed by atoms with Crippen LogP contribution >= 0.6 is 7.82 Å². The monoisotopic (exact) mass is 353 g/mol. The number of carbonyl (C=O) groups excluding carboxylic acids is 1. The first-order valence-corrected chi connectivity index (χ1v) is 8.92. The Morgan fingerprint density at radius 3 is 2.67 bits per heavy atom. The highest BCUT2D eigenvalue weighted by Crippen LogP contribution is 2.45. The number of phenolic OH excluding ortho intramolecular Hbond substituents is 1. The Hall–Kier alpha value is -1.92. The number of unbranched alkanes of at least 4 members (excludes halogenated alkanes) is 3. The van der Waals surface area contributed by atoms with Crippen molar-refractivity contribution in [2.75, 3.05) is 6.61 Å². The first-order valence-electron chi connectivity index (χ1n) is 7.43. The van der Waals surface area contributed by atoms with E-state index in [-0.39, 0.29) is 18.1 Å². The van der Waals surface area contributed by atoms with E-state index in [4.69, 9.17) is 9.41 Å². The van der Waals surface area contributed by atoms with E-state index in [0.717, 1.165) is 5.39 Å². The molecule has 1 unspecified atom stereocenters. The van der Waals surface area contributed by atoms with Crippen LogP contribution < -0.4 is 4.89 Å². The second-order valence-corrected chi connectivity index (χ2v) is 6.39. The van der Waals surface area contributed by atoms with Gasteiger partial charge in [0.25, 0.3) is 0 Å². The highest BCUT2D eigenvalue weighted by Gasteiger charge is 2.24. The lowest BCUT2D eigenvalue weighted by Gasteiger charge is -2.12. The van der Waals surface area contributed by atoms with Crippen molar-refractivity contribution in [2.24, 2.45) is 0 Å². The maximum Gasteiger partial charge on any atom is 0.508 e. The summed E-state index contributed by atoms with van der Waals surface area (Å²) in [6.07, 6.45) is 3.91. The van der Waals surface area contributed by atoms with Crippen molar-refractivity contribution in [1.29, 1.82) is 0 Å². The van der Waals surface area contributed by atoms with Crippen molar-refractivity contribution in [2.45, 2.75) is 25.7 Å². The lowest BCUT2D eigenvalue weighted by atomic mass is 10.1. The summed E-state index contributed by atoms with van der Waals surface area (Å²) < 4.78 is 20.9. The smallest absolute Gasteiger partial charge is 0.504 e. The number of phenols is 1. The summed E-state index contributed by atoms with van der Waals surface area (Å²) in [5, 5.41) is 11.4. The summed E-state index contributed by atoms with van der Waals surface area (Å²) in [6, 6.07) is 10.2. The first kappa shape index (κ1) is 18.4. The zero-order valence-corrected chi connectivity index (χ0v) is 13.8. The largest absolute Gasteiger partial charge is 0.508 e. The molecule has 0 fully saturated rings. The number of benzene rings is 2. The van der Waals surface area contributed by atoms with E-state index in [1.54, 1.807) is 24.5 Å². The van der Waals surface area contributed by atoms with Gasteiger partial charge < -0.3 is 14.9 Å². The van der Waals surface area contributed by atoms with Gasteiger partial charge in [0.15, 0.2) is 12.0 Å². The topological polar surface area (TPSA) is 102 Å². The molecule has 7 nitrogen and oxygen atoms in total. The van der Waals surface area contributed by atoms with Crippen molar-refractivity contribution in [3.05, 3.63) is 36.4 Å². The Morgan fingerprint density at radius 1 is 1.08 bits per heavy atom. The van der Waals surface area contributed by atoms with Gasteiger partial charge in [-0.1, -0.05) is 41.4 Å². The van der Waals surface area contributed by atoms with Gasteiger partial charge in [0, 0.05) is 11.8 Å². The lowest BCUT2D eigenvalue weighted by Crippen LogP contribution is -2.01. The maximum atomic E-state index is 11.7. The molecule has 1 atom stereocenters. The van der Waals surface area contributed by atoms with Crippen LogP contribution in [0, 0.1) is 0 Å². The average Bonchev–Trinajstić information content (AvgIpc) is 2.58. The fraction of sp³-hybridized carbons (Fsp3) is 0.312. The Kier molecular flexibility index (Phi) is 6.75. The Morgan fingerprint density at radius 2 is 1.88 bits per heavy atom. The summed E-state index contributed by atoms with van der Waals surface area (Å²) in [5.74, 6) is -0.286. The minimum absolute atomic E-state index is 0.0142. The van der Waals surface area contributed by atoms with Crippen LogP contribution in [0.4, 0.5) is 0 Å². The predicted octanol–water partition coefficient (Wildman–Crippen LogP) is 3.64. The molecule has 0 spiro atoms. The summed E-state index contributed by atoms with van der Waals surface area (Å²) >= 11 is 0. The van der Waals surface area contributed by atoms with Crippen LogP contribution in [0.15, 0.2) is 36.4 Å². The van der Waals surface area contributed by atoms with Crippen LogP contribution in [-0.2, 0) is 18.6 Å². The number of phosphoric acid groups is 1. The molecular weight excluding hydrogens is 335 g/mol. The van der Waals surface area contributed by atoms with Crippen molar-refractivity contribution in [3.8, 4) is 11.5 Å². The zero-order chi connectivity index (χ0) is 17.4. The summed E-state index contributed by atoms with van der Waals surface area (Å²) in [5.41, 5.74) is 0. The first-order chi connectivity index (χ1) is 11.5. The quantitative estimate of drug-likeness (QED) is 0.291. The molecule has 1 radical (unpaired) electrons. The molecule has 2 aromatic rings. The number of fused-ring (bicyclic) bond motifs is 1. The second kappa shape index (κ2) is 8.80. The van der Waals surface area contributed by atoms with E-state index in [9.17, 15) is 19.4 Å². The molecule has 0 aromatic heterocycles. The zero-order valence-electron chi connectivity index (χ0n) is 12.9. The Labute approximate surface area is 139 Å².